The summed E-state index contributed by atoms with van der Waals surface area (Å²) in [4.78, 5) is 28.3. The molecular formula is C21H19N3O3. The minimum Gasteiger partial charge on any atom is -0.481 e. The van der Waals surface area contributed by atoms with Crippen LogP contribution in [-0.4, -0.2) is 26.5 Å². The molecule has 0 bridgehead atoms. The molecule has 2 aromatic carbocycles. The second kappa shape index (κ2) is 7.07. The van der Waals surface area contributed by atoms with Crippen molar-refractivity contribution in [3.05, 3.63) is 67.0 Å². The average molecular weight is 361 g/mol. The quantitative estimate of drug-likeness (QED) is 0.695. The zero-order valence-electron chi connectivity index (χ0n) is 14.6. The minimum atomic E-state index is -0.929. The largest absolute Gasteiger partial charge is 0.481 e. The molecule has 136 valence electrons. The number of carbonyl (C=O) groups excluding carboxylic acids is 1. The summed E-state index contributed by atoms with van der Waals surface area (Å²) in [7, 11) is 0. The van der Waals surface area contributed by atoms with Gasteiger partial charge in [-0.25, -0.2) is 4.98 Å². The second-order valence-corrected chi connectivity index (χ2v) is 6.63. The van der Waals surface area contributed by atoms with Gasteiger partial charge in [0, 0.05) is 11.4 Å². The third kappa shape index (κ3) is 3.33. The maximum absolute atomic E-state index is 12.5. The van der Waals surface area contributed by atoms with Crippen molar-refractivity contribution in [3.8, 4) is 5.69 Å². The SMILES string of the molecule is O=C(O)[C@H]1CC=CC[C@@H]1C(=O)Nc1ccc(-n2cnc3ccccc32)cc1. The van der Waals surface area contributed by atoms with E-state index >= 15 is 0 Å². The molecule has 0 fully saturated rings. The van der Waals surface area contributed by atoms with E-state index in [0.717, 1.165) is 16.7 Å². The van der Waals surface area contributed by atoms with Crippen molar-refractivity contribution in [3.63, 3.8) is 0 Å². The molecule has 0 saturated heterocycles. The Morgan fingerprint density at radius 2 is 1.70 bits per heavy atom. The lowest BCUT2D eigenvalue weighted by Gasteiger charge is -2.24. The molecule has 0 spiro atoms. The summed E-state index contributed by atoms with van der Waals surface area (Å²) in [5.74, 6) is -2.41. The van der Waals surface area contributed by atoms with Crippen molar-refractivity contribution in [1.82, 2.24) is 9.55 Å². The van der Waals surface area contributed by atoms with Crippen LogP contribution in [0.1, 0.15) is 12.8 Å². The van der Waals surface area contributed by atoms with E-state index in [-0.39, 0.29) is 5.91 Å². The van der Waals surface area contributed by atoms with Crippen LogP contribution >= 0.6 is 0 Å². The number of carbonyl (C=O) groups is 2. The summed E-state index contributed by atoms with van der Waals surface area (Å²) in [6.45, 7) is 0. The van der Waals surface area contributed by atoms with Crippen LogP contribution in [0.3, 0.4) is 0 Å². The van der Waals surface area contributed by atoms with Crippen LogP contribution in [0.2, 0.25) is 0 Å². The van der Waals surface area contributed by atoms with Crippen LogP contribution in [0, 0.1) is 11.8 Å². The van der Waals surface area contributed by atoms with Crippen LogP contribution in [0.15, 0.2) is 67.0 Å². The van der Waals surface area contributed by atoms with E-state index in [4.69, 9.17) is 0 Å². The Bertz CT molecular complexity index is 1020. The van der Waals surface area contributed by atoms with Crippen LogP contribution < -0.4 is 5.32 Å². The number of nitrogens with one attached hydrogen (secondary N) is 1. The minimum absolute atomic E-state index is 0.257. The van der Waals surface area contributed by atoms with E-state index in [1.807, 2.05) is 65.3 Å². The van der Waals surface area contributed by atoms with E-state index < -0.39 is 17.8 Å². The Morgan fingerprint density at radius 3 is 2.44 bits per heavy atom. The van der Waals surface area contributed by atoms with Gasteiger partial charge in [0.25, 0.3) is 0 Å². The number of hydrogen-bond acceptors (Lipinski definition) is 3. The molecule has 0 saturated carbocycles. The standard InChI is InChI=1S/C21H19N3O3/c25-20(16-5-1-2-6-17(16)21(26)27)23-14-9-11-15(12-10-14)24-13-22-18-7-3-4-8-19(18)24/h1-4,7-13,16-17H,5-6H2,(H,23,25)(H,26,27)/t16-,17-/m0/s1. The van der Waals surface area contributed by atoms with Crippen molar-refractivity contribution >= 4 is 28.6 Å². The molecular weight excluding hydrogens is 342 g/mol. The predicted molar refractivity (Wildman–Crippen MR) is 103 cm³/mol. The van der Waals surface area contributed by atoms with Crippen molar-refractivity contribution < 1.29 is 14.7 Å². The maximum Gasteiger partial charge on any atom is 0.307 e. The van der Waals surface area contributed by atoms with Crippen molar-refractivity contribution in [2.75, 3.05) is 5.32 Å². The molecule has 0 aliphatic heterocycles. The number of anilines is 1. The van der Waals surface area contributed by atoms with E-state index in [1.54, 1.807) is 6.33 Å². The number of amides is 1. The molecule has 2 atom stereocenters. The lowest BCUT2D eigenvalue weighted by Crippen LogP contribution is -2.34. The molecule has 1 aromatic heterocycles. The average Bonchev–Trinajstić information content (AvgIpc) is 3.12. The monoisotopic (exact) mass is 361 g/mol. The Labute approximate surface area is 156 Å². The van der Waals surface area contributed by atoms with Gasteiger partial charge >= 0.3 is 5.97 Å². The highest BCUT2D eigenvalue weighted by atomic mass is 16.4. The maximum atomic E-state index is 12.5. The van der Waals surface area contributed by atoms with Crippen molar-refractivity contribution in [1.29, 1.82) is 0 Å². The lowest BCUT2D eigenvalue weighted by molar-refractivity contribution is -0.146. The zero-order valence-corrected chi connectivity index (χ0v) is 14.6. The fraction of sp³-hybridized carbons (Fsp3) is 0.190. The van der Waals surface area contributed by atoms with Crippen LogP contribution in [0.25, 0.3) is 16.7 Å². The molecule has 3 aromatic rings. The number of rotatable bonds is 4. The normalized spacial score (nSPS) is 19.1. The molecule has 4 rings (SSSR count). The third-order valence-corrected chi connectivity index (χ3v) is 4.95. The van der Waals surface area contributed by atoms with E-state index in [9.17, 15) is 14.7 Å². The number of allylic oxidation sites excluding steroid dienone is 2. The lowest BCUT2D eigenvalue weighted by atomic mass is 9.82. The van der Waals surface area contributed by atoms with Crippen molar-refractivity contribution in [2.24, 2.45) is 11.8 Å². The molecule has 0 radical (unpaired) electrons. The van der Waals surface area contributed by atoms with Crippen LogP contribution in [-0.2, 0) is 9.59 Å². The molecule has 1 aliphatic rings. The van der Waals surface area contributed by atoms with Crippen LogP contribution in [0.5, 0.6) is 0 Å². The van der Waals surface area contributed by atoms with Gasteiger partial charge in [0.2, 0.25) is 5.91 Å². The highest BCUT2D eigenvalue weighted by Crippen LogP contribution is 2.27. The van der Waals surface area contributed by atoms with Gasteiger partial charge in [0.1, 0.15) is 6.33 Å². The first-order chi connectivity index (χ1) is 13.1. The Morgan fingerprint density at radius 1 is 1.00 bits per heavy atom. The molecule has 6 nitrogen and oxygen atoms in total. The van der Waals surface area contributed by atoms with Gasteiger partial charge in [-0.3, -0.25) is 14.2 Å². The number of para-hydroxylation sites is 2. The van der Waals surface area contributed by atoms with E-state index in [0.29, 0.717) is 18.5 Å². The number of carboxylic acid groups (broad SMARTS) is 1. The number of benzene rings is 2. The van der Waals surface area contributed by atoms with Crippen molar-refractivity contribution in [2.45, 2.75) is 12.8 Å². The first kappa shape index (κ1) is 17.0. The van der Waals surface area contributed by atoms with Gasteiger partial charge < -0.3 is 10.4 Å². The Hall–Kier alpha value is -3.41. The number of hydrogen-bond donors (Lipinski definition) is 2. The number of imidazole rings is 1. The molecule has 2 N–H and O–H groups in total. The number of aromatic nitrogens is 2. The molecule has 6 heteroatoms. The second-order valence-electron chi connectivity index (χ2n) is 6.63. The topological polar surface area (TPSA) is 84.2 Å². The first-order valence-electron chi connectivity index (χ1n) is 8.84. The fourth-order valence-electron chi connectivity index (χ4n) is 3.48. The Kier molecular flexibility index (Phi) is 4.46. The highest BCUT2D eigenvalue weighted by Gasteiger charge is 2.33. The number of aliphatic carboxylic acids is 1. The summed E-state index contributed by atoms with van der Waals surface area (Å²) in [6, 6.07) is 15.3. The van der Waals surface area contributed by atoms with Gasteiger partial charge in [-0.05, 0) is 49.2 Å². The molecule has 27 heavy (non-hydrogen) atoms. The zero-order chi connectivity index (χ0) is 18.8. The van der Waals surface area contributed by atoms with Gasteiger partial charge in [0.05, 0.1) is 22.9 Å². The molecule has 1 amide bonds. The van der Waals surface area contributed by atoms with Crippen LogP contribution in [0.4, 0.5) is 5.69 Å². The number of nitrogens with zero attached hydrogens (tertiary/aromatic N) is 2. The smallest absolute Gasteiger partial charge is 0.307 e. The summed E-state index contributed by atoms with van der Waals surface area (Å²) in [6.07, 6.45) is 6.30. The Balaban J connectivity index is 1.52. The first-order valence-corrected chi connectivity index (χ1v) is 8.84. The van der Waals surface area contributed by atoms with E-state index in [2.05, 4.69) is 10.3 Å². The number of carboxylic acids is 1. The summed E-state index contributed by atoms with van der Waals surface area (Å²) in [5.41, 5.74) is 3.50. The molecule has 0 unspecified atom stereocenters. The van der Waals surface area contributed by atoms with E-state index in [1.165, 1.54) is 0 Å². The molecule has 1 heterocycles. The van der Waals surface area contributed by atoms with Gasteiger partial charge in [0.15, 0.2) is 0 Å². The van der Waals surface area contributed by atoms with Gasteiger partial charge in [-0.15, -0.1) is 0 Å². The highest BCUT2D eigenvalue weighted by molar-refractivity contribution is 5.95. The summed E-state index contributed by atoms with van der Waals surface area (Å²) < 4.78 is 1.98. The number of fused-ring (bicyclic) bond motifs is 1. The molecule has 1 aliphatic carbocycles. The third-order valence-electron chi connectivity index (χ3n) is 4.95. The fourth-order valence-corrected chi connectivity index (χ4v) is 3.48. The van der Waals surface area contributed by atoms with Gasteiger partial charge in [-0.2, -0.15) is 0 Å². The van der Waals surface area contributed by atoms with Gasteiger partial charge in [-0.1, -0.05) is 24.3 Å². The summed E-state index contributed by atoms with van der Waals surface area (Å²) >= 11 is 0. The summed E-state index contributed by atoms with van der Waals surface area (Å²) in [5, 5.41) is 12.2. The predicted octanol–water partition coefficient (Wildman–Crippen LogP) is 3.63.